The maximum Gasteiger partial charge on any atom is 0.255 e. The van der Waals surface area contributed by atoms with Crippen LogP contribution in [-0.4, -0.2) is 33.6 Å². The van der Waals surface area contributed by atoms with Crippen LogP contribution in [0.4, 0.5) is 14.5 Å². The summed E-state index contributed by atoms with van der Waals surface area (Å²) in [5.41, 5.74) is -0.771. The Balaban J connectivity index is 2.24. The minimum Gasteiger partial charge on any atom is -0.385 e. The Morgan fingerprint density at radius 3 is 2.48 bits per heavy atom. The molecule has 158 valence electrons. The first-order valence-electron chi connectivity index (χ1n) is 8.85. The van der Waals surface area contributed by atoms with Crippen LogP contribution in [0.15, 0.2) is 41.3 Å². The van der Waals surface area contributed by atoms with Crippen LogP contribution in [0, 0.1) is 18.6 Å². The third kappa shape index (κ3) is 6.06. The summed E-state index contributed by atoms with van der Waals surface area (Å²) in [6.45, 7) is 5.26. The summed E-state index contributed by atoms with van der Waals surface area (Å²) in [7, 11) is -2.38. The molecule has 0 spiro atoms. The topological polar surface area (TPSA) is 84.5 Å². The summed E-state index contributed by atoms with van der Waals surface area (Å²) in [6.07, 6.45) is 0.450. The van der Waals surface area contributed by atoms with Crippen molar-refractivity contribution in [1.29, 1.82) is 0 Å². The molecule has 0 aliphatic carbocycles. The Morgan fingerprint density at radius 1 is 1.14 bits per heavy atom. The molecule has 0 saturated heterocycles. The fraction of sp³-hybridized carbons (Fsp3) is 0.350. The summed E-state index contributed by atoms with van der Waals surface area (Å²) < 4.78 is 60.2. The predicted molar refractivity (Wildman–Crippen MR) is 106 cm³/mol. The molecule has 0 radical (unpaired) electrons. The van der Waals surface area contributed by atoms with Gasteiger partial charge >= 0.3 is 0 Å². The van der Waals surface area contributed by atoms with Gasteiger partial charge in [-0.25, -0.2) is 21.9 Å². The van der Waals surface area contributed by atoms with E-state index in [-0.39, 0.29) is 21.7 Å². The number of hydrogen-bond donors (Lipinski definition) is 2. The zero-order chi connectivity index (χ0) is 21.8. The quantitative estimate of drug-likeness (QED) is 0.675. The molecule has 0 bridgehead atoms. The SMILES string of the molecule is COCCC(C)(C)NS(=O)(=O)c1cccc(C(=O)Nc2cc(C)c(F)cc2F)c1. The van der Waals surface area contributed by atoms with Crippen LogP contribution < -0.4 is 10.0 Å². The van der Waals surface area contributed by atoms with E-state index in [0.29, 0.717) is 19.1 Å². The number of methoxy groups -OCH3 is 1. The first-order valence-corrected chi connectivity index (χ1v) is 10.3. The van der Waals surface area contributed by atoms with Gasteiger partial charge < -0.3 is 10.1 Å². The molecule has 6 nitrogen and oxygen atoms in total. The molecule has 2 aromatic rings. The highest BCUT2D eigenvalue weighted by Gasteiger charge is 2.26. The number of amides is 1. The molecule has 0 saturated carbocycles. The van der Waals surface area contributed by atoms with Gasteiger partial charge in [0, 0.05) is 30.9 Å². The van der Waals surface area contributed by atoms with Gasteiger partial charge in [0.1, 0.15) is 11.6 Å². The average Bonchev–Trinajstić information content (AvgIpc) is 2.63. The number of benzene rings is 2. The minimum atomic E-state index is -3.91. The molecule has 2 rings (SSSR count). The lowest BCUT2D eigenvalue weighted by Crippen LogP contribution is -2.44. The maximum atomic E-state index is 13.9. The second kappa shape index (κ2) is 8.98. The van der Waals surface area contributed by atoms with E-state index in [1.807, 2.05) is 0 Å². The van der Waals surface area contributed by atoms with Gasteiger partial charge in [-0.2, -0.15) is 0 Å². The summed E-state index contributed by atoms with van der Waals surface area (Å²) >= 11 is 0. The van der Waals surface area contributed by atoms with Crippen LogP contribution in [0.3, 0.4) is 0 Å². The molecular weight excluding hydrogens is 402 g/mol. The molecule has 0 fully saturated rings. The molecule has 0 unspecified atom stereocenters. The van der Waals surface area contributed by atoms with Gasteiger partial charge in [-0.3, -0.25) is 4.79 Å². The predicted octanol–water partition coefficient (Wildman–Crippen LogP) is 3.62. The highest BCUT2D eigenvalue weighted by Crippen LogP contribution is 2.21. The van der Waals surface area contributed by atoms with E-state index in [2.05, 4.69) is 10.0 Å². The Morgan fingerprint density at radius 2 is 1.83 bits per heavy atom. The lowest BCUT2D eigenvalue weighted by Gasteiger charge is -2.25. The number of carbonyl (C=O) groups is 1. The number of rotatable bonds is 8. The number of nitrogens with one attached hydrogen (secondary N) is 2. The number of aryl methyl sites for hydroxylation is 1. The third-order valence-corrected chi connectivity index (χ3v) is 5.94. The zero-order valence-electron chi connectivity index (χ0n) is 16.7. The Bertz CT molecular complexity index is 1010. The molecule has 9 heteroatoms. The highest BCUT2D eigenvalue weighted by atomic mass is 32.2. The smallest absolute Gasteiger partial charge is 0.255 e. The molecule has 0 aromatic heterocycles. The molecule has 0 aliphatic heterocycles. The second-order valence-corrected chi connectivity index (χ2v) is 8.98. The monoisotopic (exact) mass is 426 g/mol. The highest BCUT2D eigenvalue weighted by molar-refractivity contribution is 7.89. The number of sulfonamides is 1. The van der Waals surface area contributed by atoms with Gasteiger partial charge in [-0.1, -0.05) is 6.07 Å². The van der Waals surface area contributed by atoms with Crippen LogP contribution in [-0.2, 0) is 14.8 Å². The number of halogens is 2. The standard InChI is InChI=1S/C20H24F2N2O4S/c1-13-10-18(17(22)12-16(13)21)23-19(25)14-6-5-7-15(11-14)29(26,27)24-20(2,3)8-9-28-4/h5-7,10-12,24H,8-9H2,1-4H3,(H,23,25). The van der Waals surface area contributed by atoms with Crippen molar-refractivity contribution in [3.63, 3.8) is 0 Å². The van der Waals surface area contributed by atoms with Gasteiger partial charge in [0.2, 0.25) is 10.0 Å². The van der Waals surface area contributed by atoms with Gasteiger partial charge in [0.15, 0.2) is 0 Å². The summed E-state index contributed by atoms with van der Waals surface area (Å²) in [4.78, 5) is 12.4. The molecule has 29 heavy (non-hydrogen) atoms. The van der Waals surface area contributed by atoms with E-state index in [9.17, 15) is 22.0 Å². The number of hydrogen-bond acceptors (Lipinski definition) is 4. The van der Waals surface area contributed by atoms with Crippen molar-refractivity contribution in [2.75, 3.05) is 19.0 Å². The van der Waals surface area contributed by atoms with Crippen LogP contribution in [0.2, 0.25) is 0 Å². The Kier molecular flexibility index (Phi) is 7.10. The number of anilines is 1. The van der Waals surface area contributed by atoms with Crippen molar-refractivity contribution in [1.82, 2.24) is 4.72 Å². The van der Waals surface area contributed by atoms with Crippen molar-refractivity contribution < 1.29 is 26.7 Å². The summed E-state index contributed by atoms with van der Waals surface area (Å²) in [6, 6.07) is 7.21. The summed E-state index contributed by atoms with van der Waals surface area (Å²) in [5, 5.41) is 2.34. The maximum absolute atomic E-state index is 13.9. The van der Waals surface area contributed by atoms with Gasteiger partial charge in [0.05, 0.1) is 10.6 Å². The second-order valence-electron chi connectivity index (χ2n) is 7.30. The van der Waals surface area contributed by atoms with E-state index in [1.54, 1.807) is 13.8 Å². The first-order chi connectivity index (χ1) is 13.4. The minimum absolute atomic E-state index is 0.0175. The van der Waals surface area contributed by atoms with Crippen molar-refractivity contribution >= 4 is 21.6 Å². The van der Waals surface area contributed by atoms with Crippen molar-refractivity contribution in [2.24, 2.45) is 0 Å². The number of ether oxygens (including phenoxy) is 1. The lowest BCUT2D eigenvalue weighted by molar-refractivity contribution is 0.102. The molecule has 2 N–H and O–H groups in total. The van der Waals surface area contributed by atoms with E-state index in [0.717, 1.165) is 0 Å². The number of carbonyl (C=O) groups excluding carboxylic acids is 1. The largest absolute Gasteiger partial charge is 0.385 e. The van der Waals surface area contributed by atoms with Gasteiger partial charge in [0.25, 0.3) is 5.91 Å². The molecule has 0 aliphatic rings. The van der Waals surface area contributed by atoms with Crippen LogP contribution in [0.5, 0.6) is 0 Å². The van der Waals surface area contributed by atoms with E-state index in [4.69, 9.17) is 4.74 Å². The van der Waals surface area contributed by atoms with E-state index >= 15 is 0 Å². The van der Waals surface area contributed by atoms with Crippen molar-refractivity contribution in [3.8, 4) is 0 Å². The fourth-order valence-corrected chi connectivity index (χ4v) is 4.07. The van der Waals surface area contributed by atoms with Crippen LogP contribution in [0.25, 0.3) is 0 Å². The van der Waals surface area contributed by atoms with Crippen LogP contribution in [0.1, 0.15) is 36.2 Å². The summed E-state index contributed by atoms with van der Waals surface area (Å²) in [5.74, 6) is -2.37. The fourth-order valence-electron chi connectivity index (χ4n) is 2.58. The van der Waals surface area contributed by atoms with Crippen molar-refractivity contribution in [3.05, 3.63) is 59.2 Å². The van der Waals surface area contributed by atoms with E-state index < -0.39 is 33.1 Å². The molecule has 1 amide bonds. The molecule has 0 atom stereocenters. The molecule has 0 heterocycles. The third-order valence-electron chi connectivity index (χ3n) is 4.24. The van der Waals surface area contributed by atoms with Crippen LogP contribution >= 0.6 is 0 Å². The lowest BCUT2D eigenvalue weighted by atomic mass is 10.0. The Hall–Kier alpha value is -2.36. The average molecular weight is 426 g/mol. The van der Waals surface area contributed by atoms with Gasteiger partial charge in [-0.05, 0) is 57.0 Å². The molecule has 2 aromatic carbocycles. The Labute approximate surface area is 169 Å². The molecular formula is C20H24F2N2O4S. The normalized spacial score (nSPS) is 12.1. The van der Waals surface area contributed by atoms with Crippen molar-refractivity contribution in [2.45, 2.75) is 37.6 Å². The van der Waals surface area contributed by atoms with Gasteiger partial charge in [-0.15, -0.1) is 0 Å². The zero-order valence-corrected chi connectivity index (χ0v) is 17.5. The first kappa shape index (κ1) is 22.9. The van der Waals surface area contributed by atoms with E-state index in [1.165, 1.54) is 44.4 Å².